The van der Waals surface area contributed by atoms with E-state index in [1.54, 1.807) is 0 Å². The summed E-state index contributed by atoms with van der Waals surface area (Å²) in [6.07, 6.45) is 0. The summed E-state index contributed by atoms with van der Waals surface area (Å²) < 4.78 is 12.5. The van der Waals surface area contributed by atoms with Crippen molar-refractivity contribution in [2.24, 2.45) is 0 Å². The summed E-state index contributed by atoms with van der Waals surface area (Å²) in [4.78, 5) is 10.4. The molecule has 0 aliphatic heterocycles. The summed E-state index contributed by atoms with van der Waals surface area (Å²) in [5.41, 5.74) is 22.7. The maximum atomic E-state index is 6.24. The predicted molar refractivity (Wildman–Crippen MR) is 292 cm³/mol. The van der Waals surface area contributed by atoms with Gasteiger partial charge in [-0.25, -0.2) is 9.97 Å². The van der Waals surface area contributed by atoms with Crippen LogP contribution in [0, 0.1) is 0 Å². The zero-order chi connectivity index (χ0) is 47.2. The van der Waals surface area contributed by atoms with Crippen LogP contribution in [-0.4, -0.2) is 9.97 Å². The Bertz CT molecular complexity index is 4100. The first-order valence-corrected chi connectivity index (χ1v) is 24.3. The summed E-state index contributed by atoms with van der Waals surface area (Å²) in [5, 5.41) is 4.43. The Morgan fingerprint density at radius 3 is 1.30 bits per heavy atom. The fraction of sp³-hybridized carbons (Fsp3) is 0.0448. The molecule has 71 heavy (non-hydrogen) atoms. The second kappa shape index (κ2) is 16.0. The molecular weight excluding hydrogens is 865 g/mol. The van der Waals surface area contributed by atoms with Crippen LogP contribution in [0.4, 0.5) is 0 Å². The molecule has 0 radical (unpaired) electrons. The van der Waals surface area contributed by atoms with E-state index in [1.165, 1.54) is 33.4 Å². The molecule has 0 unspecified atom stereocenters. The molecular formula is C67H44N2O2. The van der Waals surface area contributed by atoms with Crippen LogP contribution in [0.3, 0.4) is 0 Å². The van der Waals surface area contributed by atoms with Crippen molar-refractivity contribution in [2.45, 2.75) is 19.3 Å². The lowest BCUT2D eigenvalue weighted by Crippen LogP contribution is -2.14. The fourth-order valence-corrected chi connectivity index (χ4v) is 10.9. The Morgan fingerprint density at radius 2 is 0.704 bits per heavy atom. The van der Waals surface area contributed by atoms with Crippen molar-refractivity contribution < 1.29 is 8.83 Å². The van der Waals surface area contributed by atoms with Crippen LogP contribution in [0.25, 0.3) is 133 Å². The molecule has 3 heterocycles. The average Bonchev–Trinajstić information content (AvgIpc) is 4.07. The molecule has 4 heteroatoms. The number of nitrogens with zero attached hydrogens (tertiary/aromatic N) is 2. The number of fused-ring (bicyclic) bond motifs is 9. The molecule has 14 rings (SSSR count). The van der Waals surface area contributed by atoms with Gasteiger partial charge < -0.3 is 8.83 Å². The van der Waals surface area contributed by atoms with Gasteiger partial charge in [-0.15, -0.1) is 0 Å². The van der Waals surface area contributed by atoms with Gasteiger partial charge >= 0.3 is 0 Å². The van der Waals surface area contributed by atoms with Gasteiger partial charge in [0.05, 0.1) is 11.4 Å². The SMILES string of the molecule is CC1(C)c2ccccc2-c2ccc(-c3ccc(-c4cc(-c5ccc(-c6cc(-c7ccc8oc9ccccc9c8c7)cc(-c7ccc8oc9ccccc9c8c7)c6)cc5)nc(-c5ccccc5)n4)cc3)cc21. The molecule has 0 atom stereocenters. The van der Waals surface area contributed by atoms with Gasteiger partial charge in [0.2, 0.25) is 0 Å². The van der Waals surface area contributed by atoms with Crippen molar-refractivity contribution in [3.05, 3.63) is 242 Å². The van der Waals surface area contributed by atoms with Gasteiger partial charge in [-0.2, -0.15) is 0 Å². The van der Waals surface area contributed by atoms with Gasteiger partial charge in [-0.3, -0.25) is 0 Å². The largest absolute Gasteiger partial charge is 0.456 e. The molecule has 3 aromatic heterocycles. The zero-order valence-electron chi connectivity index (χ0n) is 39.2. The lowest BCUT2D eigenvalue weighted by atomic mass is 9.81. The smallest absolute Gasteiger partial charge is 0.160 e. The maximum Gasteiger partial charge on any atom is 0.160 e. The molecule has 10 aromatic carbocycles. The molecule has 1 aliphatic rings. The summed E-state index contributed by atoms with van der Waals surface area (Å²) in [7, 11) is 0. The highest BCUT2D eigenvalue weighted by Crippen LogP contribution is 2.50. The van der Waals surface area contributed by atoms with Crippen molar-refractivity contribution in [2.75, 3.05) is 0 Å². The minimum absolute atomic E-state index is 0.0585. The third-order valence-corrected chi connectivity index (χ3v) is 14.7. The molecule has 0 saturated carbocycles. The van der Waals surface area contributed by atoms with Crippen molar-refractivity contribution >= 4 is 43.9 Å². The van der Waals surface area contributed by atoms with E-state index in [1.807, 2.05) is 42.5 Å². The standard InChI is InChI=1S/C67H44N2O2/c1-67(2)58-17-9-6-14-52(58)53-31-28-48(39-59(53)67)41-20-24-43(25-21-41)60-40-61(69-66(68-60)45-12-4-3-5-13-45)44-26-22-42(23-27-44)49-34-50(46-29-32-64-56(37-46)54-15-7-10-18-62(54)70-64)36-51(35-49)47-30-33-65-57(38-47)55-16-8-11-19-63(55)71-65/h3-40H,1-2H3. The van der Waals surface area contributed by atoms with Crippen LogP contribution in [-0.2, 0) is 5.41 Å². The van der Waals surface area contributed by atoms with Crippen LogP contribution in [0.5, 0.6) is 0 Å². The third kappa shape index (κ3) is 6.90. The highest BCUT2D eigenvalue weighted by atomic mass is 16.3. The monoisotopic (exact) mass is 908 g/mol. The summed E-state index contributed by atoms with van der Waals surface area (Å²) in [5.74, 6) is 0.689. The molecule has 0 fully saturated rings. The number of hydrogen-bond acceptors (Lipinski definition) is 4. The number of aromatic nitrogens is 2. The third-order valence-electron chi connectivity index (χ3n) is 14.7. The number of para-hydroxylation sites is 2. The predicted octanol–water partition coefficient (Wildman–Crippen LogP) is 18.3. The van der Waals surface area contributed by atoms with E-state index in [0.29, 0.717) is 5.82 Å². The van der Waals surface area contributed by atoms with Crippen molar-refractivity contribution in [1.29, 1.82) is 0 Å². The van der Waals surface area contributed by atoms with Gasteiger partial charge in [-0.05, 0) is 133 Å². The van der Waals surface area contributed by atoms with Gasteiger partial charge in [0.15, 0.2) is 5.82 Å². The fourth-order valence-electron chi connectivity index (χ4n) is 10.9. The highest BCUT2D eigenvalue weighted by Gasteiger charge is 2.35. The van der Waals surface area contributed by atoms with Crippen LogP contribution < -0.4 is 0 Å². The lowest BCUT2D eigenvalue weighted by Gasteiger charge is -2.22. The molecule has 0 N–H and O–H groups in total. The average molecular weight is 909 g/mol. The molecule has 13 aromatic rings. The van der Waals surface area contributed by atoms with E-state index in [9.17, 15) is 0 Å². The van der Waals surface area contributed by atoms with Crippen LogP contribution in [0.1, 0.15) is 25.0 Å². The number of rotatable bonds is 7. The van der Waals surface area contributed by atoms with Crippen LogP contribution >= 0.6 is 0 Å². The van der Waals surface area contributed by atoms with E-state index in [0.717, 1.165) is 105 Å². The van der Waals surface area contributed by atoms with Crippen molar-refractivity contribution in [1.82, 2.24) is 9.97 Å². The number of furan rings is 2. The molecule has 4 nitrogen and oxygen atoms in total. The summed E-state index contributed by atoms with van der Waals surface area (Å²) in [6.45, 7) is 4.67. The Balaban J connectivity index is 0.841. The van der Waals surface area contributed by atoms with E-state index in [4.69, 9.17) is 18.8 Å². The first-order chi connectivity index (χ1) is 34.9. The van der Waals surface area contributed by atoms with Gasteiger partial charge in [0, 0.05) is 43.7 Å². The molecule has 334 valence electrons. The van der Waals surface area contributed by atoms with E-state index in [-0.39, 0.29) is 5.41 Å². The van der Waals surface area contributed by atoms with Gasteiger partial charge in [0.1, 0.15) is 22.3 Å². The molecule has 0 saturated heterocycles. The first kappa shape index (κ1) is 40.9. The second-order valence-corrected chi connectivity index (χ2v) is 19.3. The Kier molecular flexibility index (Phi) is 9.21. The van der Waals surface area contributed by atoms with E-state index in [2.05, 4.69) is 202 Å². The normalized spacial score (nSPS) is 12.8. The molecule has 0 bridgehead atoms. The van der Waals surface area contributed by atoms with Crippen molar-refractivity contribution in [3.63, 3.8) is 0 Å². The highest BCUT2D eigenvalue weighted by molar-refractivity contribution is 6.08. The quantitative estimate of drug-likeness (QED) is 0.160. The van der Waals surface area contributed by atoms with Crippen LogP contribution in [0.2, 0.25) is 0 Å². The zero-order valence-corrected chi connectivity index (χ0v) is 39.2. The minimum atomic E-state index is -0.0585. The second-order valence-electron chi connectivity index (χ2n) is 19.3. The minimum Gasteiger partial charge on any atom is -0.456 e. The molecule has 0 amide bonds. The van der Waals surface area contributed by atoms with Crippen LogP contribution in [0.15, 0.2) is 239 Å². The maximum absolute atomic E-state index is 6.24. The number of benzene rings is 10. The number of hydrogen-bond donors (Lipinski definition) is 0. The van der Waals surface area contributed by atoms with Gasteiger partial charge in [0.25, 0.3) is 0 Å². The van der Waals surface area contributed by atoms with E-state index < -0.39 is 0 Å². The lowest BCUT2D eigenvalue weighted by molar-refractivity contribution is 0.660. The summed E-state index contributed by atoms with van der Waals surface area (Å²) >= 11 is 0. The first-order valence-electron chi connectivity index (χ1n) is 24.3. The molecule has 0 spiro atoms. The van der Waals surface area contributed by atoms with Gasteiger partial charge in [-0.1, -0.05) is 178 Å². The molecule has 1 aliphatic carbocycles. The summed E-state index contributed by atoms with van der Waals surface area (Å²) in [6, 6.07) is 82.2. The van der Waals surface area contributed by atoms with Crippen molar-refractivity contribution in [3.8, 4) is 89.5 Å². The van der Waals surface area contributed by atoms with E-state index >= 15 is 0 Å². The topological polar surface area (TPSA) is 52.1 Å². The Hall–Kier alpha value is -9.12. The Morgan fingerprint density at radius 1 is 0.282 bits per heavy atom. The Labute approximate surface area is 411 Å².